The summed E-state index contributed by atoms with van der Waals surface area (Å²) in [5.41, 5.74) is 4.63. The van der Waals surface area contributed by atoms with Crippen molar-refractivity contribution in [3.8, 4) is 0 Å². The molecule has 2 aliphatic rings. The van der Waals surface area contributed by atoms with Gasteiger partial charge in [0, 0.05) is 23.0 Å². The minimum Gasteiger partial charge on any atom is -0.381 e. The van der Waals surface area contributed by atoms with Gasteiger partial charge in [-0.2, -0.15) is 0 Å². The Morgan fingerprint density at radius 3 is 2.84 bits per heavy atom. The highest BCUT2D eigenvalue weighted by Gasteiger charge is 2.23. The fourth-order valence-electron chi connectivity index (χ4n) is 3.27. The standard InChI is InChI=1S/C15H24N2OS/c16-17-13(9-11-5-7-18-8-6-11)15-10-12-3-1-2-4-14(12)19-15/h10-11,13,17H,1-9,16H2. The average molecular weight is 280 g/mol. The highest BCUT2D eigenvalue weighted by Crippen LogP contribution is 2.36. The van der Waals surface area contributed by atoms with Crippen LogP contribution in [-0.2, 0) is 17.6 Å². The van der Waals surface area contributed by atoms with Crippen LogP contribution in [0.3, 0.4) is 0 Å². The smallest absolute Gasteiger partial charge is 0.0556 e. The summed E-state index contributed by atoms with van der Waals surface area (Å²) < 4.78 is 5.44. The molecule has 1 aromatic rings. The van der Waals surface area contributed by atoms with Crippen molar-refractivity contribution in [3.63, 3.8) is 0 Å². The third-order valence-electron chi connectivity index (χ3n) is 4.47. The van der Waals surface area contributed by atoms with E-state index in [1.54, 1.807) is 10.4 Å². The van der Waals surface area contributed by atoms with E-state index in [4.69, 9.17) is 10.6 Å². The second-order valence-corrected chi connectivity index (χ2v) is 6.98. The monoisotopic (exact) mass is 280 g/mol. The highest BCUT2D eigenvalue weighted by molar-refractivity contribution is 7.12. The Balaban J connectivity index is 1.68. The average Bonchev–Trinajstić information content (AvgIpc) is 2.89. The van der Waals surface area contributed by atoms with Gasteiger partial charge >= 0.3 is 0 Å². The lowest BCUT2D eigenvalue weighted by atomic mass is 9.91. The lowest BCUT2D eigenvalue weighted by Gasteiger charge is -2.25. The van der Waals surface area contributed by atoms with Crippen LogP contribution in [0.2, 0.25) is 0 Å². The number of hydrogen-bond acceptors (Lipinski definition) is 4. The molecule has 1 atom stereocenters. The van der Waals surface area contributed by atoms with E-state index in [0.717, 1.165) is 25.6 Å². The van der Waals surface area contributed by atoms with Gasteiger partial charge in [-0.05, 0) is 62.5 Å². The predicted octanol–water partition coefficient (Wildman–Crippen LogP) is 2.95. The van der Waals surface area contributed by atoms with E-state index < -0.39 is 0 Å². The van der Waals surface area contributed by atoms with E-state index in [9.17, 15) is 0 Å². The van der Waals surface area contributed by atoms with Gasteiger partial charge in [0.05, 0.1) is 6.04 Å². The minimum absolute atomic E-state index is 0.332. The van der Waals surface area contributed by atoms with Gasteiger partial charge in [-0.1, -0.05) is 0 Å². The van der Waals surface area contributed by atoms with E-state index in [-0.39, 0.29) is 0 Å². The summed E-state index contributed by atoms with van der Waals surface area (Å²) in [5, 5.41) is 0. The molecule has 0 aromatic carbocycles. The predicted molar refractivity (Wildman–Crippen MR) is 79.2 cm³/mol. The molecule has 1 aromatic heterocycles. The van der Waals surface area contributed by atoms with E-state index in [0.29, 0.717) is 6.04 Å². The summed E-state index contributed by atoms with van der Waals surface area (Å²) in [6, 6.07) is 2.74. The number of ether oxygens (including phenoxy) is 1. The van der Waals surface area contributed by atoms with Crippen molar-refractivity contribution in [2.75, 3.05) is 13.2 Å². The zero-order chi connectivity index (χ0) is 13.1. The van der Waals surface area contributed by atoms with Gasteiger partial charge < -0.3 is 4.74 Å². The van der Waals surface area contributed by atoms with E-state index >= 15 is 0 Å². The van der Waals surface area contributed by atoms with Crippen molar-refractivity contribution in [1.29, 1.82) is 0 Å². The molecule has 0 bridgehead atoms. The summed E-state index contributed by atoms with van der Waals surface area (Å²) in [5.74, 6) is 6.56. The molecule has 0 spiro atoms. The number of nitrogens with two attached hydrogens (primary N) is 1. The van der Waals surface area contributed by atoms with Gasteiger partial charge in [0.25, 0.3) is 0 Å². The molecular formula is C15H24N2OS. The molecule has 3 nitrogen and oxygen atoms in total. The van der Waals surface area contributed by atoms with Crippen LogP contribution in [0.5, 0.6) is 0 Å². The second-order valence-electron chi connectivity index (χ2n) is 5.81. The molecule has 1 saturated heterocycles. The third kappa shape index (κ3) is 3.19. The molecular weight excluding hydrogens is 256 g/mol. The molecule has 1 fully saturated rings. The van der Waals surface area contributed by atoms with Gasteiger partial charge in [-0.15, -0.1) is 11.3 Å². The number of aryl methyl sites for hydroxylation is 2. The van der Waals surface area contributed by atoms with Crippen molar-refractivity contribution in [3.05, 3.63) is 21.4 Å². The van der Waals surface area contributed by atoms with E-state index in [2.05, 4.69) is 11.5 Å². The topological polar surface area (TPSA) is 47.3 Å². The third-order valence-corrected chi connectivity index (χ3v) is 5.82. The van der Waals surface area contributed by atoms with Crippen LogP contribution in [0.4, 0.5) is 0 Å². The van der Waals surface area contributed by atoms with Crippen LogP contribution in [-0.4, -0.2) is 13.2 Å². The first-order valence-corrected chi connectivity index (χ1v) is 8.34. The summed E-state index contributed by atoms with van der Waals surface area (Å²) in [4.78, 5) is 3.05. The Labute approximate surface area is 119 Å². The molecule has 4 heteroatoms. The summed E-state index contributed by atoms with van der Waals surface area (Å²) in [6.07, 6.45) is 8.76. The molecule has 106 valence electrons. The Kier molecular flexibility index (Phi) is 4.53. The quantitative estimate of drug-likeness (QED) is 0.658. The van der Waals surface area contributed by atoms with Crippen LogP contribution in [0.15, 0.2) is 6.07 Å². The number of hydrogen-bond donors (Lipinski definition) is 2. The maximum atomic E-state index is 5.81. The molecule has 1 aliphatic carbocycles. The molecule has 3 rings (SSSR count). The molecule has 2 heterocycles. The fraction of sp³-hybridized carbons (Fsp3) is 0.733. The van der Waals surface area contributed by atoms with Crippen LogP contribution in [0.1, 0.15) is 53.5 Å². The van der Waals surface area contributed by atoms with Gasteiger partial charge in [-0.3, -0.25) is 11.3 Å². The number of rotatable bonds is 4. The Morgan fingerprint density at radius 1 is 1.32 bits per heavy atom. The van der Waals surface area contributed by atoms with Gasteiger partial charge in [-0.25, -0.2) is 0 Å². The van der Waals surface area contributed by atoms with Crippen LogP contribution in [0.25, 0.3) is 0 Å². The molecule has 0 amide bonds. The molecule has 0 saturated carbocycles. The fourth-order valence-corrected chi connectivity index (χ4v) is 4.60. The number of nitrogens with one attached hydrogen (secondary N) is 1. The van der Waals surface area contributed by atoms with Gasteiger partial charge in [0.1, 0.15) is 0 Å². The lowest BCUT2D eigenvalue weighted by molar-refractivity contribution is 0.0606. The second kappa shape index (κ2) is 6.35. The van der Waals surface area contributed by atoms with Gasteiger partial charge in [0.15, 0.2) is 0 Å². The zero-order valence-corrected chi connectivity index (χ0v) is 12.3. The molecule has 0 radical (unpaired) electrons. The van der Waals surface area contributed by atoms with E-state index in [1.807, 2.05) is 11.3 Å². The number of fused-ring (bicyclic) bond motifs is 1. The zero-order valence-electron chi connectivity index (χ0n) is 11.5. The molecule has 1 unspecified atom stereocenters. The number of thiophene rings is 1. The largest absolute Gasteiger partial charge is 0.381 e. The highest BCUT2D eigenvalue weighted by atomic mass is 32.1. The summed E-state index contributed by atoms with van der Waals surface area (Å²) in [7, 11) is 0. The summed E-state index contributed by atoms with van der Waals surface area (Å²) in [6.45, 7) is 1.84. The van der Waals surface area contributed by atoms with Crippen molar-refractivity contribution < 1.29 is 4.74 Å². The normalized spacial score (nSPS) is 22.2. The number of hydrazine groups is 1. The van der Waals surface area contributed by atoms with Crippen molar-refractivity contribution >= 4 is 11.3 Å². The van der Waals surface area contributed by atoms with Crippen LogP contribution in [0, 0.1) is 5.92 Å². The molecule has 1 aliphatic heterocycles. The Morgan fingerprint density at radius 2 is 2.11 bits per heavy atom. The first kappa shape index (κ1) is 13.6. The first-order valence-electron chi connectivity index (χ1n) is 7.52. The molecule has 19 heavy (non-hydrogen) atoms. The van der Waals surface area contributed by atoms with Gasteiger partial charge in [0.2, 0.25) is 0 Å². The van der Waals surface area contributed by atoms with Crippen molar-refractivity contribution in [1.82, 2.24) is 5.43 Å². The maximum Gasteiger partial charge on any atom is 0.0556 e. The van der Waals surface area contributed by atoms with Crippen molar-refractivity contribution in [2.24, 2.45) is 11.8 Å². The Bertz CT molecular complexity index is 389. The lowest BCUT2D eigenvalue weighted by Crippen LogP contribution is -2.30. The molecule has 3 N–H and O–H groups in total. The minimum atomic E-state index is 0.332. The van der Waals surface area contributed by atoms with Crippen molar-refractivity contribution in [2.45, 2.75) is 51.0 Å². The first-order chi connectivity index (χ1) is 9.36. The summed E-state index contributed by atoms with van der Waals surface area (Å²) >= 11 is 1.98. The van der Waals surface area contributed by atoms with E-state index in [1.165, 1.54) is 43.4 Å². The maximum absolute atomic E-state index is 5.81. The van der Waals surface area contributed by atoms with Crippen LogP contribution >= 0.6 is 11.3 Å². The SMILES string of the molecule is NNC(CC1CCOCC1)c1cc2c(s1)CCCC2. The Hall–Kier alpha value is -0.420. The van der Waals surface area contributed by atoms with Crippen LogP contribution < -0.4 is 11.3 Å².